The maximum atomic E-state index is 12.7. The number of rotatable bonds is 1. The number of amides is 1. The highest BCUT2D eigenvalue weighted by atomic mass is 16.6. The van der Waals surface area contributed by atoms with Gasteiger partial charge in [0.25, 0.3) is 0 Å². The molecule has 1 aliphatic carbocycles. The Morgan fingerprint density at radius 3 is 2.41 bits per heavy atom. The predicted octanol–water partition coefficient (Wildman–Crippen LogP) is 2.92. The number of carbonyl (C=O) groups excluding carboxylic acids is 1. The van der Waals surface area contributed by atoms with Gasteiger partial charge in [0.05, 0.1) is 0 Å². The fraction of sp³-hybridized carbons (Fsp3) is 0.611. The predicted molar refractivity (Wildman–Crippen MR) is 83.1 cm³/mol. The molecule has 1 aromatic rings. The molecule has 4 rings (SSSR count). The minimum Gasteiger partial charge on any atom is -0.486 e. The second kappa shape index (κ2) is 5.82. The van der Waals surface area contributed by atoms with Crippen LogP contribution in [0.5, 0.6) is 11.5 Å². The molecule has 0 saturated heterocycles. The van der Waals surface area contributed by atoms with Crippen molar-refractivity contribution < 1.29 is 14.3 Å². The van der Waals surface area contributed by atoms with Crippen molar-refractivity contribution in [2.45, 2.75) is 45.1 Å². The Balaban J connectivity index is 1.52. The van der Waals surface area contributed by atoms with Crippen LogP contribution in [0.1, 0.15) is 43.2 Å². The molecule has 1 fully saturated rings. The summed E-state index contributed by atoms with van der Waals surface area (Å²) >= 11 is 0. The Morgan fingerprint density at radius 2 is 1.68 bits per heavy atom. The van der Waals surface area contributed by atoms with E-state index in [1.54, 1.807) is 0 Å². The quantitative estimate of drug-likeness (QED) is 0.800. The van der Waals surface area contributed by atoms with E-state index in [9.17, 15) is 4.79 Å². The van der Waals surface area contributed by atoms with Crippen molar-refractivity contribution >= 4 is 5.91 Å². The third-order valence-electron chi connectivity index (χ3n) is 5.14. The lowest BCUT2D eigenvalue weighted by Gasteiger charge is -2.34. The van der Waals surface area contributed by atoms with Crippen LogP contribution in [0.2, 0.25) is 0 Å². The van der Waals surface area contributed by atoms with Crippen LogP contribution in [0.3, 0.4) is 0 Å². The zero-order chi connectivity index (χ0) is 14.9. The molecule has 4 nitrogen and oxygen atoms in total. The molecule has 0 atom stereocenters. The van der Waals surface area contributed by atoms with Gasteiger partial charge in [-0.25, -0.2) is 0 Å². The van der Waals surface area contributed by atoms with Gasteiger partial charge in [-0.05, 0) is 42.5 Å². The molecule has 2 heterocycles. The normalized spacial score (nSPS) is 21.4. The highest BCUT2D eigenvalue weighted by molar-refractivity contribution is 5.79. The van der Waals surface area contributed by atoms with Crippen molar-refractivity contribution in [2.24, 2.45) is 5.92 Å². The third kappa shape index (κ3) is 2.55. The van der Waals surface area contributed by atoms with Crippen molar-refractivity contribution in [1.29, 1.82) is 0 Å². The van der Waals surface area contributed by atoms with Crippen LogP contribution in [0.15, 0.2) is 12.1 Å². The molecule has 0 spiro atoms. The van der Waals surface area contributed by atoms with Crippen LogP contribution in [0, 0.1) is 5.92 Å². The fourth-order valence-electron chi connectivity index (χ4n) is 3.89. The SMILES string of the molecule is O=C(C1CCCCC1)N1CCc2cc3c(cc2C1)OCCO3. The van der Waals surface area contributed by atoms with Gasteiger partial charge in [-0.3, -0.25) is 4.79 Å². The number of benzene rings is 1. The van der Waals surface area contributed by atoms with E-state index in [0.717, 1.165) is 43.9 Å². The number of carbonyl (C=O) groups is 1. The largest absolute Gasteiger partial charge is 0.486 e. The van der Waals surface area contributed by atoms with Gasteiger partial charge in [0.1, 0.15) is 13.2 Å². The summed E-state index contributed by atoms with van der Waals surface area (Å²) in [6.45, 7) is 2.79. The molecular weight excluding hydrogens is 278 g/mol. The number of ether oxygens (including phenoxy) is 2. The molecule has 0 N–H and O–H groups in total. The molecule has 3 aliphatic rings. The summed E-state index contributed by atoms with van der Waals surface area (Å²) in [6, 6.07) is 4.18. The lowest BCUT2D eigenvalue weighted by Crippen LogP contribution is -2.40. The molecule has 0 bridgehead atoms. The Kier molecular flexibility index (Phi) is 3.68. The highest BCUT2D eigenvalue weighted by Crippen LogP contribution is 2.36. The zero-order valence-electron chi connectivity index (χ0n) is 13.0. The van der Waals surface area contributed by atoms with Crippen LogP contribution in [-0.2, 0) is 17.8 Å². The van der Waals surface area contributed by atoms with Gasteiger partial charge < -0.3 is 14.4 Å². The van der Waals surface area contributed by atoms with Crippen molar-refractivity contribution in [3.05, 3.63) is 23.3 Å². The second-order valence-electron chi connectivity index (χ2n) is 6.61. The van der Waals surface area contributed by atoms with E-state index >= 15 is 0 Å². The van der Waals surface area contributed by atoms with Gasteiger partial charge in [0, 0.05) is 19.0 Å². The fourth-order valence-corrected chi connectivity index (χ4v) is 3.89. The highest BCUT2D eigenvalue weighted by Gasteiger charge is 2.29. The molecule has 0 unspecified atom stereocenters. The summed E-state index contributed by atoms with van der Waals surface area (Å²) < 4.78 is 11.3. The number of hydrogen-bond acceptors (Lipinski definition) is 3. The second-order valence-corrected chi connectivity index (χ2v) is 6.61. The molecule has 22 heavy (non-hydrogen) atoms. The van der Waals surface area contributed by atoms with Crippen LogP contribution in [0.4, 0.5) is 0 Å². The van der Waals surface area contributed by atoms with Crippen LogP contribution < -0.4 is 9.47 Å². The Bertz CT molecular complexity index is 578. The molecule has 118 valence electrons. The van der Waals surface area contributed by atoms with E-state index in [0.29, 0.717) is 19.1 Å². The van der Waals surface area contributed by atoms with Crippen molar-refractivity contribution in [3.63, 3.8) is 0 Å². The van der Waals surface area contributed by atoms with Gasteiger partial charge in [0.2, 0.25) is 5.91 Å². The smallest absolute Gasteiger partial charge is 0.225 e. The van der Waals surface area contributed by atoms with Gasteiger partial charge in [-0.1, -0.05) is 19.3 Å². The van der Waals surface area contributed by atoms with E-state index in [1.165, 1.54) is 30.4 Å². The summed E-state index contributed by atoms with van der Waals surface area (Å²) in [7, 11) is 0. The van der Waals surface area contributed by atoms with Crippen molar-refractivity contribution in [2.75, 3.05) is 19.8 Å². The molecule has 4 heteroatoms. The van der Waals surface area contributed by atoms with E-state index in [-0.39, 0.29) is 5.92 Å². The molecule has 1 aromatic carbocycles. The zero-order valence-corrected chi connectivity index (χ0v) is 13.0. The average Bonchev–Trinajstić information content (AvgIpc) is 2.59. The van der Waals surface area contributed by atoms with Gasteiger partial charge in [-0.2, -0.15) is 0 Å². The molecule has 2 aliphatic heterocycles. The molecule has 0 radical (unpaired) electrons. The lowest BCUT2D eigenvalue weighted by atomic mass is 9.87. The third-order valence-corrected chi connectivity index (χ3v) is 5.14. The van der Waals surface area contributed by atoms with Gasteiger partial charge in [-0.15, -0.1) is 0 Å². The maximum absolute atomic E-state index is 12.7. The van der Waals surface area contributed by atoms with Crippen LogP contribution in [0.25, 0.3) is 0 Å². The van der Waals surface area contributed by atoms with Gasteiger partial charge >= 0.3 is 0 Å². The van der Waals surface area contributed by atoms with E-state index in [2.05, 4.69) is 12.1 Å². The van der Waals surface area contributed by atoms with Crippen LogP contribution >= 0.6 is 0 Å². The van der Waals surface area contributed by atoms with E-state index < -0.39 is 0 Å². The maximum Gasteiger partial charge on any atom is 0.225 e. The summed E-state index contributed by atoms with van der Waals surface area (Å²) in [5, 5.41) is 0. The summed E-state index contributed by atoms with van der Waals surface area (Å²) in [4.78, 5) is 14.8. The average molecular weight is 301 g/mol. The Morgan fingerprint density at radius 1 is 1.00 bits per heavy atom. The summed E-state index contributed by atoms with van der Waals surface area (Å²) in [6.07, 6.45) is 6.77. The summed E-state index contributed by atoms with van der Waals surface area (Å²) in [5.41, 5.74) is 2.52. The van der Waals surface area contributed by atoms with Gasteiger partial charge in [0.15, 0.2) is 11.5 Å². The van der Waals surface area contributed by atoms with Crippen molar-refractivity contribution in [1.82, 2.24) is 4.90 Å². The number of nitrogens with zero attached hydrogens (tertiary/aromatic N) is 1. The molecule has 0 aromatic heterocycles. The first kappa shape index (κ1) is 13.9. The topological polar surface area (TPSA) is 38.8 Å². The van der Waals surface area contributed by atoms with Crippen molar-refractivity contribution in [3.8, 4) is 11.5 Å². The Labute approximate surface area is 131 Å². The minimum absolute atomic E-state index is 0.257. The first-order chi connectivity index (χ1) is 10.8. The number of fused-ring (bicyclic) bond motifs is 2. The summed E-state index contributed by atoms with van der Waals surface area (Å²) in [5.74, 6) is 2.31. The Hall–Kier alpha value is -1.71. The first-order valence-corrected chi connectivity index (χ1v) is 8.51. The standard InChI is InChI=1S/C18H23NO3/c20-18(13-4-2-1-3-5-13)19-7-6-14-10-16-17(11-15(14)12-19)22-9-8-21-16/h10-11,13H,1-9,12H2. The minimum atomic E-state index is 0.257. The lowest BCUT2D eigenvalue weighted by molar-refractivity contribution is -0.137. The van der Waals surface area contributed by atoms with E-state index in [4.69, 9.17) is 9.47 Å². The molecule has 1 amide bonds. The van der Waals surface area contributed by atoms with Crippen LogP contribution in [-0.4, -0.2) is 30.6 Å². The van der Waals surface area contributed by atoms with E-state index in [1.807, 2.05) is 4.90 Å². The number of hydrogen-bond donors (Lipinski definition) is 0. The monoisotopic (exact) mass is 301 g/mol. The first-order valence-electron chi connectivity index (χ1n) is 8.51. The molecule has 1 saturated carbocycles. The molecular formula is C18H23NO3.